The molecule has 0 spiro atoms. The molecule has 0 fully saturated rings. The molecule has 8 heteroatoms. The van der Waals surface area contributed by atoms with Crippen LogP contribution in [-0.2, 0) is 10.0 Å². The van der Waals surface area contributed by atoms with Crippen LogP contribution in [0.15, 0.2) is 47.4 Å². The smallest absolute Gasteiger partial charge is 0.247 e. The van der Waals surface area contributed by atoms with Crippen LogP contribution >= 0.6 is 11.6 Å². The molecule has 0 unspecified atom stereocenters. The molecular formula is C16H12ClF2NO3S. The predicted octanol–water partition coefficient (Wildman–Crippen LogP) is 2.98. The van der Waals surface area contributed by atoms with E-state index in [2.05, 4.69) is 11.8 Å². The first kappa shape index (κ1) is 18.2. The SMILES string of the molecule is O=S(=O)(NCC#CCOc1ccccc1Cl)c1c(F)cccc1F. The standard InChI is InChI=1S/C16H12ClF2NO3S/c17-12-6-1-2-9-15(12)23-11-4-3-10-20-24(21,22)16-13(18)7-5-8-14(16)19/h1-2,5-9,20H,10-11H2. The maximum Gasteiger partial charge on any atom is 0.247 e. The molecule has 0 amide bonds. The van der Waals surface area contributed by atoms with Gasteiger partial charge < -0.3 is 4.74 Å². The van der Waals surface area contributed by atoms with E-state index >= 15 is 0 Å². The fourth-order valence-electron chi connectivity index (χ4n) is 1.73. The largest absolute Gasteiger partial charge is 0.479 e. The highest BCUT2D eigenvalue weighted by Gasteiger charge is 2.22. The quantitative estimate of drug-likeness (QED) is 0.822. The lowest BCUT2D eigenvalue weighted by atomic mass is 10.3. The van der Waals surface area contributed by atoms with Gasteiger partial charge in [0.25, 0.3) is 0 Å². The molecule has 2 aromatic carbocycles. The van der Waals surface area contributed by atoms with E-state index in [0.29, 0.717) is 10.8 Å². The highest BCUT2D eigenvalue weighted by Crippen LogP contribution is 2.22. The minimum atomic E-state index is -4.33. The van der Waals surface area contributed by atoms with Gasteiger partial charge in [-0.1, -0.05) is 41.6 Å². The molecule has 0 aliphatic carbocycles. The molecule has 2 aromatic rings. The summed E-state index contributed by atoms with van der Waals surface area (Å²) in [5, 5.41) is 0.426. The zero-order valence-corrected chi connectivity index (χ0v) is 13.8. The molecule has 0 atom stereocenters. The maximum absolute atomic E-state index is 13.5. The second-order valence-electron chi connectivity index (χ2n) is 4.45. The van der Waals surface area contributed by atoms with Crippen LogP contribution in [0.4, 0.5) is 8.78 Å². The minimum Gasteiger partial charge on any atom is -0.479 e. The normalized spacial score (nSPS) is 10.8. The summed E-state index contributed by atoms with van der Waals surface area (Å²) in [6.45, 7) is -0.332. The Bertz CT molecular complexity index is 871. The van der Waals surface area contributed by atoms with Crippen molar-refractivity contribution in [3.05, 3.63) is 59.1 Å². The van der Waals surface area contributed by atoms with Gasteiger partial charge in [0.15, 0.2) is 4.90 Å². The lowest BCUT2D eigenvalue weighted by Gasteiger charge is -2.06. The first-order valence-electron chi connectivity index (χ1n) is 6.68. The van der Waals surface area contributed by atoms with Crippen LogP contribution < -0.4 is 9.46 Å². The van der Waals surface area contributed by atoms with E-state index in [-0.39, 0.29) is 13.2 Å². The zero-order chi connectivity index (χ0) is 17.6. The summed E-state index contributed by atoms with van der Waals surface area (Å²) in [4.78, 5) is -1.03. The van der Waals surface area contributed by atoms with E-state index in [1.807, 2.05) is 4.72 Å². The van der Waals surface area contributed by atoms with Crippen molar-refractivity contribution in [3.63, 3.8) is 0 Å². The van der Waals surface area contributed by atoms with E-state index in [1.165, 1.54) is 0 Å². The van der Waals surface area contributed by atoms with E-state index < -0.39 is 26.6 Å². The number of para-hydroxylation sites is 1. The van der Waals surface area contributed by atoms with Crippen molar-refractivity contribution in [2.45, 2.75) is 4.90 Å². The Kier molecular flexibility index (Phi) is 6.15. The molecule has 0 aromatic heterocycles. The van der Waals surface area contributed by atoms with Gasteiger partial charge in [-0.2, -0.15) is 4.72 Å². The van der Waals surface area contributed by atoms with E-state index in [9.17, 15) is 17.2 Å². The predicted molar refractivity (Wildman–Crippen MR) is 86.3 cm³/mol. The highest BCUT2D eigenvalue weighted by molar-refractivity contribution is 7.89. The molecule has 2 rings (SSSR count). The molecule has 0 aliphatic heterocycles. The summed E-state index contributed by atoms with van der Waals surface area (Å²) in [6.07, 6.45) is 0. The van der Waals surface area contributed by atoms with Crippen LogP contribution in [-0.4, -0.2) is 21.6 Å². The summed E-state index contributed by atoms with van der Waals surface area (Å²) in [5.74, 6) is 3.16. The molecule has 0 heterocycles. The Balaban J connectivity index is 1.92. The number of nitrogens with one attached hydrogen (secondary N) is 1. The number of rotatable bonds is 5. The van der Waals surface area contributed by atoms with Crippen molar-refractivity contribution in [1.82, 2.24) is 4.72 Å². The Morgan fingerprint density at radius 2 is 1.71 bits per heavy atom. The third-order valence-electron chi connectivity index (χ3n) is 2.80. The van der Waals surface area contributed by atoms with Gasteiger partial charge in [0, 0.05) is 0 Å². The third kappa shape index (κ3) is 4.68. The highest BCUT2D eigenvalue weighted by atomic mass is 35.5. The second-order valence-corrected chi connectivity index (χ2v) is 6.56. The van der Waals surface area contributed by atoms with Crippen molar-refractivity contribution < 1.29 is 21.9 Å². The average molecular weight is 372 g/mol. The molecule has 0 radical (unpaired) electrons. The van der Waals surface area contributed by atoms with Gasteiger partial charge in [-0.15, -0.1) is 0 Å². The molecule has 0 saturated carbocycles. The summed E-state index contributed by atoms with van der Waals surface area (Å²) in [5.41, 5.74) is 0. The fourth-order valence-corrected chi connectivity index (χ4v) is 2.98. The summed E-state index contributed by atoms with van der Waals surface area (Å²) in [6, 6.07) is 9.61. The summed E-state index contributed by atoms with van der Waals surface area (Å²) < 4.78 is 58.0. The van der Waals surface area contributed by atoms with Gasteiger partial charge >= 0.3 is 0 Å². The van der Waals surface area contributed by atoms with Gasteiger partial charge in [0.05, 0.1) is 11.6 Å². The molecule has 126 valence electrons. The van der Waals surface area contributed by atoms with Gasteiger partial charge in [-0.25, -0.2) is 17.2 Å². The number of benzene rings is 2. The van der Waals surface area contributed by atoms with E-state index in [0.717, 1.165) is 18.2 Å². The Labute approximate surface area is 143 Å². The van der Waals surface area contributed by atoms with Crippen molar-refractivity contribution in [1.29, 1.82) is 0 Å². The van der Waals surface area contributed by atoms with Crippen LogP contribution in [0.2, 0.25) is 5.02 Å². The minimum absolute atomic E-state index is 0.0144. The molecule has 4 nitrogen and oxygen atoms in total. The summed E-state index contributed by atoms with van der Waals surface area (Å²) >= 11 is 5.89. The molecular weight excluding hydrogens is 360 g/mol. The number of sulfonamides is 1. The Morgan fingerprint density at radius 1 is 1.04 bits per heavy atom. The van der Waals surface area contributed by atoms with Gasteiger partial charge in [0.2, 0.25) is 10.0 Å². The van der Waals surface area contributed by atoms with Gasteiger partial charge in [-0.3, -0.25) is 0 Å². The zero-order valence-electron chi connectivity index (χ0n) is 12.2. The average Bonchev–Trinajstić information content (AvgIpc) is 2.52. The molecule has 0 saturated heterocycles. The number of hydrogen-bond acceptors (Lipinski definition) is 3. The Hall–Kier alpha value is -2.14. The summed E-state index contributed by atoms with van der Waals surface area (Å²) in [7, 11) is -4.33. The van der Waals surface area contributed by atoms with Crippen molar-refractivity contribution in [2.24, 2.45) is 0 Å². The maximum atomic E-state index is 13.5. The monoisotopic (exact) mass is 371 g/mol. The van der Waals surface area contributed by atoms with Crippen LogP contribution in [0.3, 0.4) is 0 Å². The van der Waals surface area contributed by atoms with Gasteiger partial charge in [0.1, 0.15) is 24.0 Å². The topological polar surface area (TPSA) is 55.4 Å². The Morgan fingerprint density at radius 3 is 2.38 bits per heavy atom. The lowest BCUT2D eigenvalue weighted by molar-refractivity contribution is 0.370. The van der Waals surface area contributed by atoms with Crippen LogP contribution in [0.5, 0.6) is 5.75 Å². The molecule has 0 aliphatic rings. The number of ether oxygens (including phenoxy) is 1. The first-order chi connectivity index (χ1) is 11.4. The van der Waals surface area contributed by atoms with Gasteiger partial charge in [-0.05, 0) is 24.3 Å². The lowest BCUT2D eigenvalue weighted by Crippen LogP contribution is -2.26. The molecule has 0 bridgehead atoms. The molecule has 1 N–H and O–H groups in total. The van der Waals surface area contributed by atoms with Crippen LogP contribution in [0, 0.1) is 23.5 Å². The third-order valence-corrected chi connectivity index (χ3v) is 4.56. The van der Waals surface area contributed by atoms with Crippen molar-refractivity contribution in [3.8, 4) is 17.6 Å². The van der Waals surface area contributed by atoms with E-state index in [4.69, 9.17) is 16.3 Å². The van der Waals surface area contributed by atoms with Crippen LogP contribution in [0.1, 0.15) is 0 Å². The fraction of sp³-hybridized carbons (Fsp3) is 0.125. The molecule has 24 heavy (non-hydrogen) atoms. The van der Waals surface area contributed by atoms with Crippen molar-refractivity contribution in [2.75, 3.05) is 13.2 Å². The number of hydrogen-bond donors (Lipinski definition) is 1. The van der Waals surface area contributed by atoms with Crippen molar-refractivity contribution >= 4 is 21.6 Å². The number of halogens is 3. The second kappa shape index (κ2) is 8.11. The van der Waals surface area contributed by atoms with E-state index in [1.54, 1.807) is 24.3 Å². The first-order valence-corrected chi connectivity index (χ1v) is 8.54. The van der Waals surface area contributed by atoms with Crippen LogP contribution in [0.25, 0.3) is 0 Å².